The molecule has 0 saturated carbocycles. The average Bonchev–Trinajstić information content (AvgIpc) is 2.26. The van der Waals surface area contributed by atoms with Crippen molar-refractivity contribution >= 4 is 29.6 Å². The van der Waals surface area contributed by atoms with E-state index in [4.69, 9.17) is 11.9 Å². The number of carbonyl (C=O) groups excluding carboxylic acids is 1. The quantitative estimate of drug-likeness (QED) is 0.806. The van der Waals surface area contributed by atoms with Crippen LogP contribution in [0.4, 0.5) is 0 Å². The molecule has 0 aromatic heterocycles. The van der Waals surface area contributed by atoms with Crippen LogP contribution in [-0.4, -0.2) is 16.5 Å². The van der Waals surface area contributed by atoms with Gasteiger partial charge in [-0.1, -0.05) is 30.3 Å². The van der Waals surface area contributed by atoms with Crippen LogP contribution in [-0.2, 0) is 14.8 Å². The van der Waals surface area contributed by atoms with E-state index in [2.05, 4.69) is 4.29 Å². The Balaban J connectivity index is 2.38. The van der Waals surface area contributed by atoms with Gasteiger partial charge >= 0.3 is 5.97 Å². The molecule has 14 heavy (non-hydrogen) atoms. The molecule has 0 aliphatic carbocycles. The molecule has 0 heterocycles. The van der Waals surface area contributed by atoms with Gasteiger partial charge in [-0.25, -0.2) is 4.79 Å². The lowest BCUT2D eigenvalue weighted by molar-refractivity contribution is -0.138. The lowest BCUT2D eigenvalue weighted by Crippen LogP contribution is -2.16. The average molecular weight is 233 g/mol. The van der Waals surface area contributed by atoms with E-state index in [0.29, 0.717) is 5.75 Å². The first-order valence-electron chi connectivity index (χ1n) is 3.90. The monoisotopic (exact) mass is 232 g/mol. The fraction of sp³-hybridized carbons (Fsp3) is 0.222. The molecule has 0 amide bonds. The second-order valence-electron chi connectivity index (χ2n) is 2.55. The maximum absolute atomic E-state index is 10.7. The van der Waals surface area contributed by atoms with Crippen LogP contribution in [0.5, 0.6) is 0 Å². The predicted molar refractivity (Wildman–Crippen MR) is 55.7 cm³/mol. The molecule has 1 aromatic carbocycles. The molecule has 1 N–H and O–H groups in total. The van der Waals surface area contributed by atoms with Crippen LogP contribution in [0, 0.1) is 0 Å². The molecule has 3 nitrogen and oxygen atoms in total. The first-order valence-corrected chi connectivity index (χ1v) is 5.26. The Hall–Kier alpha value is -0.710. The van der Waals surface area contributed by atoms with Crippen molar-refractivity contribution in [2.24, 2.45) is 0 Å². The molecule has 0 bridgehead atoms. The van der Waals surface area contributed by atoms with Crippen molar-refractivity contribution in [2.45, 2.75) is 11.2 Å². The van der Waals surface area contributed by atoms with Crippen LogP contribution >= 0.6 is 23.6 Å². The Labute approximate surface area is 91.2 Å². The number of aliphatic hydroxyl groups is 1. The summed E-state index contributed by atoms with van der Waals surface area (Å²) in [6.07, 6.45) is 0. The third-order valence-electron chi connectivity index (χ3n) is 1.53. The SMILES string of the molecule is O=C(OCl)C(O)SCc1ccccc1. The highest BCUT2D eigenvalue weighted by Crippen LogP contribution is 2.17. The summed E-state index contributed by atoms with van der Waals surface area (Å²) in [5.74, 6) is -0.304. The highest BCUT2D eigenvalue weighted by molar-refractivity contribution is 7.99. The number of hydrogen-bond acceptors (Lipinski definition) is 4. The molecule has 0 aliphatic rings. The van der Waals surface area contributed by atoms with Crippen molar-refractivity contribution in [1.82, 2.24) is 0 Å². The van der Waals surface area contributed by atoms with Gasteiger partial charge in [0.05, 0.1) is 0 Å². The zero-order valence-corrected chi connectivity index (χ0v) is 8.79. The van der Waals surface area contributed by atoms with E-state index in [1.54, 1.807) is 0 Å². The van der Waals surface area contributed by atoms with Gasteiger partial charge in [-0.3, -0.25) is 0 Å². The zero-order valence-electron chi connectivity index (χ0n) is 7.22. The van der Waals surface area contributed by atoms with Crippen molar-refractivity contribution in [1.29, 1.82) is 0 Å². The normalized spacial score (nSPS) is 12.1. The number of aliphatic hydroxyl groups excluding tert-OH is 1. The summed E-state index contributed by atoms with van der Waals surface area (Å²) in [6.45, 7) is 0. The van der Waals surface area contributed by atoms with Crippen LogP contribution in [0.1, 0.15) is 5.56 Å². The molecule has 76 valence electrons. The van der Waals surface area contributed by atoms with Crippen LogP contribution in [0.15, 0.2) is 30.3 Å². The molecule has 0 aliphatic heterocycles. The van der Waals surface area contributed by atoms with E-state index >= 15 is 0 Å². The summed E-state index contributed by atoms with van der Waals surface area (Å²) in [6, 6.07) is 9.50. The van der Waals surface area contributed by atoms with E-state index in [1.807, 2.05) is 30.3 Å². The van der Waals surface area contributed by atoms with Crippen LogP contribution in [0.2, 0.25) is 0 Å². The van der Waals surface area contributed by atoms with Gasteiger partial charge in [-0.2, -0.15) is 0 Å². The maximum Gasteiger partial charge on any atom is 0.363 e. The van der Waals surface area contributed by atoms with Gasteiger partial charge in [-0.05, 0) is 5.56 Å². The number of hydrogen-bond donors (Lipinski definition) is 1. The smallest absolute Gasteiger partial charge is 0.363 e. The van der Waals surface area contributed by atoms with E-state index in [0.717, 1.165) is 17.3 Å². The molecule has 1 rings (SSSR count). The van der Waals surface area contributed by atoms with Crippen molar-refractivity contribution in [2.75, 3.05) is 0 Å². The van der Waals surface area contributed by atoms with Gasteiger partial charge in [0, 0.05) is 5.75 Å². The first-order chi connectivity index (χ1) is 6.74. The summed E-state index contributed by atoms with van der Waals surface area (Å²) in [4.78, 5) is 10.7. The largest absolute Gasteiger partial charge is 0.372 e. The first kappa shape index (κ1) is 11.4. The minimum Gasteiger partial charge on any atom is -0.372 e. The molecule has 0 spiro atoms. The van der Waals surface area contributed by atoms with E-state index < -0.39 is 11.4 Å². The molecule has 5 heteroatoms. The number of benzene rings is 1. The lowest BCUT2D eigenvalue weighted by atomic mass is 10.2. The van der Waals surface area contributed by atoms with Crippen molar-refractivity contribution < 1.29 is 14.2 Å². The Morgan fingerprint density at radius 1 is 1.50 bits per heavy atom. The van der Waals surface area contributed by atoms with Crippen molar-refractivity contribution in [3.05, 3.63) is 35.9 Å². The standard InChI is InChI=1S/C9H9ClO3S/c10-13-8(11)9(12)14-6-7-4-2-1-3-5-7/h1-5,9,12H,6H2. The van der Waals surface area contributed by atoms with E-state index in [-0.39, 0.29) is 0 Å². The predicted octanol–water partition coefficient (Wildman–Crippen LogP) is 1.94. The second-order valence-corrected chi connectivity index (χ2v) is 3.77. The highest BCUT2D eigenvalue weighted by Gasteiger charge is 2.16. The van der Waals surface area contributed by atoms with E-state index in [9.17, 15) is 9.90 Å². The van der Waals surface area contributed by atoms with Gasteiger partial charge in [0.2, 0.25) is 0 Å². The minimum absolute atomic E-state index is 0.536. The molecule has 1 aromatic rings. The number of rotatable bonds is 4. The second kappa shape index (κ2) is 5.90. The van der Waals surface area contributed by atoms with Crippen LogP contribution in [0.25, 0.3) is 0 Å². The third-order valence-corrected chi connectivity index (χ3v) is 2.69. The Morgan fingerprint density at radius 2 is 2.14 bits per heavy atom. The number of halogens is 1. The summed E-state index contributed by atoms with van der Waals surface area (Å²) in [5.41, 5.74) is -0.202. The van der Waals surface area contributed by atoms with Gasteiger partial charge in [0.25, 0.3) is 0 Å². The van der Waals surface area contributed by atoms with Crippen LogP contribution < -0.4 is 0 Å². The summed E-state index contributed by atoms with van der Waals surface area (Å²) >= 11 is 5.86. The summed E-state index contributed by atoms with van der Waals surface area (Å²) in [5, 5.41) is 9.18. The summed E-state index contributed by atoms with van der Waals surface area (Å²) in [7, 11) is 0. The molecule has 1 atom stereocenters. The van der Waals surface area contributed by atoms with Gasteiger partial charge < -0.3 is 9.40 Å². The molecule has 0 radical (unpaired) electrons. The molecule has 0 saturated heterocycles. The maximum atomic E-state index is 10.7. The van der Waals surface area contributed by atoms with Crippen molar-refractivity contribution in [3.8, 4) is 0 Å². The highest BCUT2D eigenvalue weighted by atomic mass is 35.5. The lowest BCUT2D eigenvalue weighted by Gasteiger charge is -2.05. The van der Waals surface area contributed by atoms with Crippen LogP contribution in [0.3, 0.4) is 0 Å². The molecular weight excluding hydrogens is 224 g/mol. The van der Waals surface area contributed by atoms with Gasteiger partial charge in [0.15, 0.2) is 5.44 Å². The van der Waals surface area contributed by atoms with Gasteiger partial charge in [-0.15, -0.1) is 11.8 Å². The molecule has 0 fully saturated rings. The fourth-order valence-corrected chi connectivity index (χ4v) is 1.72. The Kier molecular flexibility index (Phi) is 4.79. The topological polar surface area (TPSA) is 46.5 Å². The zero-order chi connectivity index (χ0) is 10.4. The fourth-order valence-electron chi connectivity index (χ4n) is 0.856. The number of carbonyl (C=O) groups is 1. The minimum atomic E-state index is -1.23. The molecular formula is C9H9ClO3S. The Bertz CT molecular complexity index is 291. The molecule has 1 unspecified atom stereocenters. The van der Waals surface area contributed by atoms with E-state index in [1.165, 1.54) is 0 Å². The Morgan fingerprint density at radius 3 is 2.71 bits per heavy atom. The summed E-state index contributed by atoms with van der Waals surface area (Å²) < 4.78 is 3.86. The third kappa shape index (κ3) is 3.57. The van der Waals surface area contributed by atoms with Crippen molar-refractivity contribution in [3.63, 3.8) is 0 Å². The van der Waals surface area contributed by atoms with Gasteiger partial charge in [0.1, 0.15) is 11.9 Å². The number of thioether (sulfide) groups is 1.